The van der Waals surface area contributed by atoms with Crippen molar-refractivity contribution in [1.82, 2.24) is 19.8 Å². The van der Waals surface area contributed by atoms with Crippen LogP contribution in [0.3, 0.4) is 0 Å². The molecule has 1 aromatic heterocycles. The Kier molecular flexibility index (Phi) is 5.45. The minimum Gasteiger partial charge on any atom is -0.377 e. The normalized spacial score (nSPS) is 14.2. The molecule has 6 heteroatoms. The topological polar surface area (TPSA) is 61.9 Å². The quantitative estimate of drug-likeness (QED) is 0.663. The molecule has 24 heavy (non-hydrogen) atoms. The fourth-order valence-electron chi connectivity index (χ4n) is 2.99. The second-order valence-corrected chi connectivity index (χ2v) is 6.53. The second-order valence-electron chi connectivity index (χ2n) is 6.53. The van der Waals surface area contributed by atoms with Crippen LogP contribution in [0.1, 0.15) is 62.5 Å². The Morgan fingerprint density at radius 1 is 1.21 bits per heavy atom. The summed E-state index contributed by atoms with van der Waals surface area (Å²) in [4.78, 5) is 12.2. The zero-order valence-corrected chi connectivity index (χ0v) is 14.6. The van der Waals surface area contributed by atoms with Gasteiger partial charge in [0.25, 0.3) is 0 Å². The molecule has 6 nitrogen and oxygen atoms in total. The molecule has 0 radical (unpaired) electrons. The summed E-state index contributed by atoms with van der Waals surface area (Å²) in [5.74, 6) is 0.594. The number of benzene rings is 1. The van der Waals surface area contributed by atoms with E-state index in [1.54, 1.807) is 7.05 Å². The Labute approximate surface area is 142 Å². The molecule has 0 unspecified atom stereocenters. The van der Waals surface area contributed by atoms with Gasteiger partial charge in [-0.1, -0.05) is 38.3 Å². The maximum Gasteiger partial charge on any atom is 0.368 e. The molecule has 1 heterocycles. The van der Waals surface area contributed by atoms with E-state index in [1.807, 2.05) is 12.1 Å². The van der Waals surface area contributed by atoms with Crippen LogP contribution in [0, 0.1) is 0 Å². The molecular formula is C18H26N4O2. The van der Waals surface area contributed by atoms with Crippen molar-refractivity contribution in [3.8, 4) is 5.69 Å². The lowest BCUT2D eigenvalue weighted by Crippen LogP contribution is -2.23. The molecule has 2 aromatic rings. The van der Waals surface area contributed by atoms with Gasteiger partial charge in [0.15, 0.2) is 0 Å². The fraction of sp³-hybridized carbons (Fsp3) is 0.611. The Balaban J connectivity index is 1.80. The van der Waals surface area contributed by atoms with Crippen LogP contribution in [-0.4, -0.2) is 26.4 Å². The van der Waals surface area contributed by atoms with Gasteiger partial charge in [-0.15, -0.1) is 0 Å². The predicted octanol–water partition coefficient (Wildman–Crippen LogP) is 2.94. The van der Waals surface area contributed by atoms with Crippen LogP contribution in [0.15, 0.2) is 23.0 Å². The first kappa shape index (κ1) is 16.9. The standard InChI is InChI=1S/C18H26N4O2/c1-3-4-5-6-12-24-13-16-15(14-10-11-14)8-7-9-17(16)22-18(23)21(2)19-20-22/h7-9,14H,3-6,10-13H2,1-2H3. The molecule has 1 aliphatic carbocycles. The van der Waals surface area contributed by atoms with Crippen LogP contribution in [0.4, 0.5) is 0 Å². The van der Waals surface area contributed by atoms with Crippen molar-refractivity contribution in [2.45, 2.75) is 58.0 Å². The Morgan fingerprint density at radius 3 is 2.71 bits per heavy atom. The largest absolute Gasteiger partial charge is 0.377 e. The van der Waals surface area contributed by atoms with Crippen LogP contribution in [0.5, 0.6) is 0 Å². The molecule has 1 aromatic carbocycles. The third-order valence-electron chi connectivity index (χ3n) is 4.54. The van der Waals surface area contributed by atoms with Crippen LogP contribution in [0.25, 0.3) is 5.69 Å². The average Bonchev–Trinajstić information content (AvgIpc) is 3.38. The number of nitrogens with zero attached hydrogens (tertiary/aromatic N) is 4. The van der Waals surface area contributed by atoms with E-state index in [-0.39, 0.29) is 5.69 Å². The number of hydrogen-bond donors (Lipinski definition) is 0. The molecule has 0 N–H and O–H groups in total. The zero-order chi connectivity index (χ0) is 16.9. The highest BCUT2D eigenvalue weighted by Crippen LogP contribution is 2.42. The van der Waals surface area contributed by atoms with E-state index in [9.17, 15) is 4.79 Å². The van der Waals surface area contributed by atoms with E-state index < -0.39 is 0 Å². The first-order chi connectivity index (χ1) is 11.7. The van der Waals surface area contributed by atoms with Gasteiger partial charge in [0.2, 0.25) is 0 Å². The number of aromatic nitrogens is 4. The van der Waals surface area contributed by atoms with Crippen molar-refractivity contribution >= 4 is 0 Å². The van der Waals surface area contributed by atoms with E-state index in [2.05, 4.69) is 23.4 Å². The van der Waals surface area contributed by atoms with Crippen molar-refractivity contribution in [3.05, 3.63) is 39.8 Å². The van der Waals surface area contributed by atoms with Gasteiger partial charge in [-0.3, -0.25) is 0 Å². The number of tetrazole rings is 1. The second kappa shape index (κ2) is 7.75. The van der Waals surface area contributed by atoms with Crippen LogP contribution in [-0.2, 0) is 18.4 Å². The van der Waals surface area contributed by atoms with Gasteiger partial charge in [-0.2, -0.15) is 9.36 Å². The maximum atomic E-state index is 12.2. The van der Waals surface area contributed by atoms with Crippen molar-refractivity contribution in [3.63, 3.8) is 0 Å². The Hall–Kier alpha value is -1.95. The van der Waals surface area contributed by atoms with Crippen molar-refractivity contribution < 1.29 is 4.74 Å². The van der Waals surface area contributed by atoms with Gasteiger partial charge in [0, 0.05) is 19.2 Å². The summed E-state index contributed by atoms with van der Waals surface area (Å²) in [6, 6.07) is 6.07. The SMILES string of the molecule is CCCCCCOCc1c(C2CC2)cccc1-n1nnn(C)c1=O. The van der Waals surface area contributed by atoms with E-state index >= 15 is 0 Å². The lowest BCUT2D eigenvalue weighted by Gasteiger charge is -2.14. The van der Waals surface area contributed by atoms with Gasteiger partial charge >= 0.3 is 5.69 Å². The number of aryl methyl sites for hydroxylation is 1. The predicted molar refractivity (Wildman–Crippen MR) is 92.4 cm³/mol. The smallest absolute Gasteiger partial charge is 0.368 e. The van der Waals surface area contributed by atoms with Crippen molar-refractivity contribution in [2.24, 2.45) is 7.05 Å². The molecule has 1 fully saturated rings. The molecule has 0 bridgehead atoms. The van der Waals surface area contributed by atoms with Crippen molar-refractivity contribution in [1.29, 1.82) is 0 Å². The van der Waals surface area contributed by atoms with Crippen LogP contribution < -0.4 is 5.69 Å². The number of unbranched alkanes of at least 4 members (excludes halogenated alkanes) is 3. The first-order valence-electron chi connectivity index (χ1n) is 8.91. The molecule has 0 saturated heterocycles. The Bertz CT molecular complexity index is 731. The summed E-state index contributed by atoms with van der Waals surface area (Å²) in [6.45, 7) is 3.49. The van der Waals surface area contributed by atoms with E-state index in [0.717, 1.165) is 24.3 Å². The van der Waals surface area contributed by atoms with E-state index in [0.29, 0.717) is 12.5 Å². The van der Waals surface area contributed by atoms with Gasteiger partial charge in [-0.05, 0) is 47.2 Å². The number of hydrogen-bond acceptors (Lipinski definition) is 4. The molecule has 0 aliphatic heterocycles. The van der Waals surface area contributed by atoms with Gasteiger partial charge in [0.05, 0.1) is 12.3 Å². The van der Waals surface area contributed by atoms with Crippen LogP contribution >= 0.6 is 0 Å². The molecular weight excluding hydrogens is 304 g/mol. The molecule has 130 valence electrons. The maximum absolute atomic E-state index is 12.2. The highest BCUT2D eigenvalue weighted by molar-refractivity contribution is 5.47. The first-order valence-corrected chi connectivity index (χ1v) is 8.91. The summed E-state index contributed by atoms with van der Waals surface area (Å²) in [7, 11) is 1.61. The van der Waals surface area contributed by atoms with Crippen LogP contribution in [0.2, 0.25) is 0 Å². The summed E-state index contributed by atoms with van der Waals surface area (Å²) >= 11 is 0. The van der Waals surface area contributed by atoms with E-state index in [4.69, 9.17) is 4.74 Å². The summed E-state index contributed by atoms with van der Waals surface area (Å²) in [5.41, 5.74) is 2.94. The molecule has 1 saturated carbocycles. The molecule has 0 spiro atoms. The monoisotopic (exact) mass is 330 g/mol. The minimum atomic E-state index is -0.229. The van der Waals surface area contributed by atoms with Gasteiger partial charge in [-0.25, -0.2) is 4.79 Å². The molecule has 0 atom stereocenters. The zero-order valence-electron chi connectivity index (χ0n) is 14.6. The van der Waals surface area contributed by atoms with Gasteiger partial charge < -0.3 is 4.74 Å². The third kappa shape index (κ3) is 3.75. The summed E-state index contributed by atoms with van der Waals surface area (Å²) in [5, 5.41) is 7.83. The average molecular weight is 330 g/mol. The molecule has 3 rings (SSSR count). The number of rotatable bonds is 9. The van der Waals surface area contributed by atoms with E-state index in [1.165, 1.54) is 47.0 Å². The highest BCUT2D eigenvalue weighted by Gasteiger charge is 2.28. The summed E-state index contributed by atoms with van der Waals surface area (Å²) < 4.78 is 8.55. The third-order valence-corrected chi connectivity index (χ3v) is 4.54. The Morgan fingerprint density at radius 2 is 2.04 bits per heavy atom. The summed E-state index contributed by atoms with van der Waals surface area (Å²) in [6.07, 6.45) is 7.19. The molecule has 0 amide bonds. The fourth-order valence-corrected chi connectivity index (χ4v) is 2.99. The lowest BCUT2D eigenvalue weighted by molar-refractivity contribution is 0.116. The number of ether oxygens (including phenoxy) is 1. The minimum absolute atomic E-state index is 0.229. The lowest BCUT2D eigenvalue weighted by atomic mass is 10.0. The van der Waals surface area contributed by atoms with Crippen molar-refractivity contribution in [2.75, 3.05) is 6.61 Å². The molecule has 1 aliphatic rings. The highest BCUT2D eigenvalue weighted by atomic mass is 16.5. The van der Waals surface area contributed by atoms with Gasteiger partial charge in [0.1, 0.15) is 0 Å².